The Balaban J connectivity index is 3.88. The van der Waals surface area contributed by atoms with E-state index in [2.05, 4.69) is 11.6 Å². The SMILES string of the molecule is NNC(=O)C(N)C(N)=O. The van der Waals surface area contributed by atoms with Crippen LogP contribution in [0.3, 0.4) is 0 Å². The molecule has 0 aromatic heterocycles. The molecule has 2 amide bonds. The summed E-state index contributed by atoms with van der Waals surface area (Å²) in [4.78, 5) is 20.4. The maximum absolute atomic E-state index is 10.3. The van der Waals surface area contributed by atoms with Crippen LogP contribution in [0.2, 0.25) is 0 Å². The monoisotopic (exact) mass is 132 g/mol. The topological polar surface area (TPSA) is 124 Å². The van der Waals surface area contributed by atoms with Gasteiger partial charge in [0.25, 0.3) is 5.91 Å². The number of hydrogen-bond acceptors (Lipinski definition) is 4. The zero-order chi connectivity index (χ0) is 7.44. The van der Waals surface area contributed by atoms with Gasteiger partial charge in [-0.2, -0.15) is 0 Å². The minimum absolute atomic E-state index is 0.789. The molecule has 1 atom stereocenters. The van der Waals surface area contributed by atoms with Crippen LogP contribution >= 0.6 is 0 Å². The minimum atomic E-state index is -1.35. The molecule has 0 bridgehead atoms. The smallest absolute Gasteiger partial charge is 0.260 e. The molecule has 52 valence electrons. The third-order valence-corrected chi connectivity index (χ3v) is 0.731. The summed E-state index contributed by atoms with van der Waals surface area (Å²) in [5, 5.41) is 0. The quantitative estimate of drug-likeness (QED) is 0.136. The van der Waals surface area contributed by atoms with E-state index in [4.69, 9.17) is 5.73 Å². The molecule has 7 N–H and O–H groups in total. The van der Waals surface area contributed by atoms with Gasteiger partial charge in [-0.3, -0.25) is 15.0 Å². The molecule has 0 heterocycles. The lowest BCUT2D eigenvalue weighted by Crippen LogP contribution is -2.51. The molecule has 0 aliphatic heterocycles. The Labute approximate surface area is 51.3 Å². The predicted octanol–water partition coefficient (Wildman–Crippen LogP) is -3.21. The van der Waals surface area contributed by atoms with E-state index in [1.807, 2.05) is 0 Å². The molecule has 0 saturated heterocycles. The summed E-state index contributed by atoms with van der Waals surface area (Å²) in [6.45, 7) is 0. The molecule has 1 unspecified atom stereocenters. The van der Waals surface area contributed by atoms with Crippen LogP contribution in [0.1, 0.15) is 0 Å². The Hall–Kier alpha value is -1.14. The Morgan fingerprint density at radius 3 is 2.00 bits per heavy atom. The summed E-state index contributed by atoms with van der Waals surface area (Å²) in [7, 11) is 0. The number of nitrogens with one attached hydrogen (secondary N) is 1. The van der Waals surface area contributed by atoms with Gasteiger partial charge in [-0.15, -0.1) is 0 Å². The number of carbonyl (C=O) groups is 2. The van der Waals surface area contributed by atoms with Crippen molar-refractivity contribution in [1.29, 1.82) is 0 Å². The fraction of sp³-hybridized carbons (Fsp3) is 0.333. The number of amides is 2. The largest absolute Gasteiger partial charge is 0.368 e. The first-order valence-corrected chi connectivity index (χ1v) is 2.15. The van der Waals surface area contributed by atoms with Crippen molar-refractivity contribution in [3.8, 4) is 0 Å². The molecule has 0 fully saturated rings. The summed E-state index contributed by atoms with van der Waals surface area (Å²) in [6.07, 6.45) is 0. The lowest BCUT2D eigenvalue weighted by atomic mass is 10.3. The molecule has 0 aliphatic rings. The summed E-state index contributed by atoms with van der Waals surface area (Å²) in [6, 6.07) is -1.35. The van der Waals surface area contributed by atoms with Gasteiger partial charge >= 0.3 is 0 Å². The second-order valence-corrected chi connectivity index (χ2v) is 1.39. The fourth-order valence-electron chi connectivity index (χ4n) is 0.219. The maximum Gasteiger partial charge on any atom is 0.260 e. The highest BCUT2D eigenvalue weighted by molar-refractivity contribution is 6.03. The molecule has 0 aliphatic carbocycles. The Bertz CT molecular complexity index is 134. The standard InChI is InChI=1S/C3H8N4O2/c4-1(2(5)8)3(9)7-6/h1H,4,6H2,(H2,5,8)(H,7,9). The van der Waals surface area contributed by atoms with E-state index in [0.29, 0.717) is 0 Å². The number of hydrazine groups is 1. The second kappa shape index (κ2) is 3.00. The molecular weight excluding hydrogens is 124 g/mol. The second-order valence-electron chi connectivity index (χ2n) is 1.39. The van der Waals surface area contributed by atoms with E-state index >= 15 is 0 Å². The van der Waals surface area contributed by atoms with Crippen molar-refractivity contribution in [2.24, 2.45) is 17.3 Å². The zero-order valence-electron chi connectivity index (χ0n) is 4.63. The van der Waals surface area contributed by atoms with Crippen molar-refractivity contribution >= 4 is 11.8 Å². The molecule has 0 spiro atoms. The number of rotatable bonds is 2. The van der Waals surface area contributed by atoms with E-state index in [9.17, 15) is 9.59 Å². The third kappa shape index (κ3) is 2.06. The van der Waals surface area contributed by atoms with E-state index in [-0.39, 0.29) is 0 Å². The molecular formula is C3H8N4O2. The highest BCUT2D eigenvalue weighted by atomic mass is 16.2. The van der Waals surface area contributed by atoms with Gasteiger partial charge in [0.15, 0.2) is 6.04 Å². The van der Waals surface area contributed by atoms with Crippen molar-refractivity contribution in [3.05, 3.63) is 0 Å². The van der Waals surface area contributed by atoms with E-state index < -0.39 is 17.9 Å². The minimum Gasteiger partial charge on any atom is -0.368 e. The summed E-state index contributed by atoms with van der Waals surface area (Å²) >= 11 is 0. The highest BCUT2D eigenvalue weighted by Crippen LogP contribution is 1.71. The Morgan fingerprint density at radius 1 is 1.44 bits per heavy atom. The van der Waals surface area contributed by atoms with Crippen molar-refractivity contribution in [3.63, 3.8) is 0 Å². The van der Waals surface area contributed by atoms with Crippen LogP contribution in [0.5, 0.6) is 0 Å². The molecule has 6 nitrogen and oxygen atoms in total. The maximum atomic E-state index is 10.3. The van der Waals surface area contributed by atoms with Gasteiger partial charge in [0.2, 0.25) is 5.91 Å². The first-order chi connectivity index (χ1) is 4.09. The summed E-state index contributed by atoms with van der Waals surface area (Å²) < 4.78 is 0. The van der Waals surface area contributed by atoms with Crippen LogP contribution in [0.25, 0.3) is 0 Å². The summed E-state index contributed by atoms with van der Waals surface area (Å²) in [5.74, 6) is 2.93. The van der Waals surface area contributed by atoms with Gasteiger partial charge in [-0.05, 0) is 0 Å². The number of hydrogen-bond donors (Lipinski definition) is 4. The molecule has 6 heteroatoms. The number of primary amides is 1. The van der Waals surface area contributed by atoms with Gasteiger partial charge in [0, 0.05) is 0 Å². The predicted molar refractivity (Wildman–Crippen MR) is 29.5 cm³/mol. The normalized spacial score (nSPS) is 12.2. The average Bonchev–Trinajstić information content (AvgIpc) is 1.84. The lowest BCUT2D eigenvalue weighted by Gasteiger charge is -2.02. The van der Waals surface area contributed by atoms with Crippen LogP contribution < -0.4 is 22.7 Å². The van der Waals surface area contributed by atoms with Crippen molar-refractivity contribution in [1.82, 2.24) is 5.43 Å². The van der Waals surface area contributed by atoms with Crippen LogP contribution in [-0.2, 0) is 9.59 Å². The van der Waals surface area contributed by atoms with Gasteiger partial charge in [0.1, 0.15) is 0 Å². The third-order valence-electron chi connectivity index (χ3n) is 0.731. The van der Waals surface area contributed by atoms with Crippen LogP contribution in [-0.4, -0.2) is 17.9 Å². The molecule has 0 rings (SSSR count). The lowest BCUT2D eigenvalue weighted by molar-refractivity contribution is -0.129. The average molecular weight is 132 g/mol. The highest BCUT2D eigenvalue weighted by Gasteiger charge is 2.16. The van der Waals surface area contributed by atoms with E-state index in [1.165, 1.54) is 0 Å². The van der Waals surface area contributed by atoms with Gasteiger partial charge in [-0.1, -0.05) is 0 Å². The number of carbonyl (C=O) groups excluding carboxylic acids is 2. The van der Waals surface area contributed by atoms with Gasteiger partial charge in [0.05, 0.1) is 0 Å². The molecule has 0 radical (unpaired) electrons. The van der Waals surface area contributed by atoms with E-state index in [1.54, 1.807) is 5.43 Å². The van der Waals surface area contributed by atoms with Crippen LogP contribution in [0, 0.1) is 0 Å². The Kier molecular flexibility index (Phi) is 2.62. The van der Waals surface area contributed by atoms with Crippen molar-refractivity contribution in [2.75, 3.05) is 0 Å². The van der Waals surface area contributed by atoms with Crippen molar-refractivity contribution < 1.29 is 9.59 Å². The molecule has 0 aromatic rings. The van der Waals surface area contributed by atoms with Gasteiger partial charge in [-0.25, -0.2) is 5.84 Å². The first kappa shape index (κ1) is 7.86. The Morgan fingerprint density at radius 2 is 1.89 bits per heavy atom. The first-order valence-electron chi connectivity index (χ1n) is 2.15. The van der Waals surface area contributed by atoms with Crippen molar-refractivity contribution in [2.45, 2.75) is 6.04 Å². The van der Waals surface area contributed by atoms with E-state index in [0.717, 1.165) is 0 Å². The van der Waals surface area contributed by atoms with Gasteiger partial charge < -0.3 is 11.5 Å². The fourth-order valence-corrected chi connectivity index (χ4v) is 0.219. The van der Waals surface area contributed by atoms with Crippen LogP contribution in [0.4, 0.5) is 0 Å². The molecule has 0 aromatic carbocycles. The molecule has 0 saturated carbocycles. The molecule has 9 heavy (non-hydrogen) atoms. The zero-order valence-corrected chi connectivity index (χ0v) is 4.63. The number of nitrogens with two attached hydrogens (primary N) is 3. The van der Waals surface area contributed by atoms with Crippen LogP contribution in [0.15, 0.2) is 0 Å². The summed E-state index contributed by atoms with van der Waals surface area (Å²) in [5.41, 5.74) is 11.2.